The molecule has 0 saturated carbocycles. The van der Waals surface area contributed by atoms with Crippen LogP contribution in [0.2, 0.25) is 10.0 Å². The van der Waals surface area contributed by atoms with E-state index in [0.717, 1.165) is 13.8 Å². The van der Waals surface area contributed by atoms with Gasteiger partial charge in [-0.2, -0.15) is 20.5 Å². The maximum absolute atomic E-state index is 13.4. The molecule has 5 rings (SSSR count). The second-order valence-electron chi connectivity index (χ2n) is 13.3. The molecular formula is C43H35Cl5N8O6. The molecule has 0 saturated heterocycles. The fourth-order valence-corrected chi connectivity index (χ4v) is 6.56. The van der Waals surface area contributed by atoms with Crippen LogP contribution in [-0.2, 0) is 36.8 Å². The van der Waals surface area contributed by atoms with Crippen molar-refractivity contribution >= 4 is 127 Å². The summed E-state index contributed by atoms with van der Waals surface area (Å²) in [7, 11) is 0. The Balaban J connectivity index is 1.26. The Bertz CT molecular complexity index is 2610. The number of azo groups is 2. The Morgan fingerprint density at radius 1 is 0.500 bits per heavy atom. The van der Waals surface area contributed by atoms with E-state index in [0.29, 0.717) is 28.1 Å². The molecular weight excluding hydrogens is 902 g/mol. The molecule has 2 atom stereocenters. The van der Waals surface area contributed by atoms with E-state index in [1.54, 1.807) is 48.5 Å². The van der Waals surface area contributed by atoms with Gasteiger partial charge in [-0.1, -0.05) is 59.6 Å². The lowest BCUT2D eigenvalue weighted by molar-refractivity contribution is -0.127. The molecule has 0 aliphatic heterocycles. The Hall–Kier alpha value is -6.03. The first-order chi connectivity index (χ1) is 29.7. The number of rotatable bonds is 17. The summed E-state index contributed by atoms with van der Waals surface area (Å²) in [6, 6.07) is 23.6. The van der Waals surface area contributed by atoms with Gasteiger partial charge in [-0.05, 0) is 97.3 Å². The lowest BCUT2D eigenvalue weighted by atomic mass is 10.1. The van der Waals surface area contributed by atoms with Crippen molar-refractivity contribution in [3.63, 3.8) is 0 Å². The number of carbonyl (C=O) groups is 6. The first-order valence-electron chi connectivity index (χ1n) is 18.4. The summed E-state index contributed by atoms with van der Waals surface area (Å²) in [6.07, 6.45) is 0. The molecule has 19 heteroatoms. The summed E-state index contributed by atoms with van der Waals surface area (Å²) in [5.41, 5.74) is 3.57. The summed E-state index contributed by atoms with van der Waals surface area (Å²) >= 11 is 30.8. The van der Waals surface area contributed by atoms with Gasteiger partial charge in [0.2, 0.25) is 12.1 Å². The quantitative estimate of drug-likeness (QED) is 0.0406. The van der Waals surface area contributed by atoms with E-state index >= 15 is 0 Å². The molecule has 0 spiro atoms. The highest BCUT2D eigenvalue weighted by Crippen LogP contribution is 2.30. The van der Waals surface area contributed by atoms with Crippen LogP contribution in [0.15, 0.2) is 124 Å². The second-order valence-corrected chi connectivity index (χ2v) is 14.9. The van der Waals surface area contributed by atoms with Crippen LogP contribution in [-0.4, -0.2) is 47.3 Å². The van der Waals surface area contributed by atoms with Gasteiger partial charge in [-0.3, -0.25) is 28.8 Å². The fraction of sp³-hybridized carbons (Fsp3) is 0.163. The minimum atomic E-state index is -1.63. The standard InChI is InChI=1S/C43H35Cl5N8O6/c1-23(57)38(55-53-36-18-25(11-14-31(36)47)40(59)50-33-9-5-3-7-27(33)20-44)42(61)49-30-13-16-35(29(17-30)22-46)52-43(62)39(24(2)58)56-54-37-19-26(12-15-32(37)48)41(60)51-34-10-6-4-8-28(34)21-45/h3-19,38-39H,20-22H2,1-2H3,(H,49,61)(H,50,59)(H,51,60)(H,52,62). The minimum absolute atomic E-state index is 0.0262. The Labute approximate surface area is 380 Å². The van der Waals surface area contributed by atoms with E-state index in [4.69, 9.17) is 58.0 Å². The third kappa shape index (κ3) is 12.3. The third-order valence-corrected chi connectivity index (χ3v) is 10.3. The van der Waals surface area contributed by atoms with Gasteiger partial charge in [-0.15, -0.1) is 34.8 Å². The number of hydrogen-bond donors (Lipinski definition) is 4. The molecule has 14 nitrogen and oxygen atoms in total. The lowest BCUT2D eigenvalue weighted by Gasteiger charge is -2.15. The smallest absolute Gasteiger partial charge is 0.258 e. The number of Topliss-reactive ketones (excluding diaryl/α,β-unsaturated/α-hetero) is 2. The van der Waals surface area contributed by atoms with E-state index in [1.165, 1.54) is 54.6 Å². The van der Waals surface area contributed by atoms with Gasteiger partial charge in [0.05, 0.1) is 10.0 Å². The topological polar surface area (TPSA) is 200 Å². The van der Waals surface area contributed by atoms with Crippen molar-refractivity contribution in [1.82, 2.24) is 0 Å². The van der Waals surface area contributed by atoms with E-state index < -0.39 is 47.3 Å². The van der Waals surface area contributed by atoms with Crippen LogP contribution in [0.4, 0.5) is 34.1 Å². The molecule has 4 amide bonds. The van der Waals surface area contributed by atoms with Crippen LogP contribution < -0.4 is 21.3 Å². The first-order valence-corrected chi connectivity index (χ1v) is 20.7. The zero-order valence-electron chi connectivity index (χ0n) is 32.7. The maximum Gasteiger partial charge on any atom is 0.258 e. The minimum Gasteiger partial charge on any atom is -0.324 e. The predicted octanol–water partition coefficient (Wildman–Crippen LogP) is 11.1. The molecule has 318 valence electrons. The molecule has 0 aromatic heterocycles. The molecule has 4 N–H and O–H groups in total. The van der Waals surface area contributed by atoms with Crippen molar-refractivity contribution in [3.05, 3.63) is 141 Å². The molecule has 62 heavy (non-hydrogen) atoms. The maximum atomic E-state index is 13.4. The number of amides is 4. The van der Waals surface area contributed by atoms with Gasteiger partial charge < -0.3 is 21.3 Å². The summed E-state index contributed by atoms with van der Waals surface area (Å²) in [6.45, 7) is 2.30. The highest BCUT2D eigenvalue weighted by Gasteiger charge is 2.26. The van der Waals surface area contributed by atoms with Crippen molar-refractivity contribution in [1.29, 1.82) is 0 Å². The molecule has 2 unspecified atom stereocenters. The van der Waals surface area contributed by atoms with Gasteiger partial charge in [0, 0.05) is 51.5 Å². The summed E-state index contributed by atoms with van der Waals surface area (Å²) in [4.78, 5) is 77.9. The molecule has 0 bridgehead atoms. The number of anilines is 4. The second kappa shape index (κ2) is 22.2. The number of carbonyl (C=O) groups excluding carboxylic acids is 6. The number of benzene rings is 5. The normalized spacial score (nSPS) is 12.1. The molecule has 0 fully saturated rings. The first kappa shape index (κ1) is 47.0. The predicted molar refractivity (Wildman–Crippen MR) is 242 cm³/mol. The number of hydrogen-bond acceptors (Lipinski definition) is 10. The number of nitrogens with one attached hydrogen (secondary N) is 4. The number of nitrogens with zero attached hydrogens (tertiary/aromatic N) is 4. The third-order valence-electron chi connectivity index (χ3n) is 8.84. The van der Waals surface area contributed by atoms with Crippen molar-refractivity contribution < 1.29 is 28.8 Å². The molecule has 0 radical (unpaired) electrons. The lowest BCUT2D eigenvalue weighted by Crippen LogP contribution is -2.32. The average Bonchev–Trinajstić information content (AvgIpc) is 3.25. The molecule has 0 heterocycles. The summed E-state index contributed by atoms with van der Waals surface area (Å²) < 4.78 is 0. The number of alkyl halides is 3. The highest BCUT2D eigenvalue weighted by molar-refractivity contribution is 6.33. The van der Waals surface area contributed by atoms with E-state index in [9.17, 15) is 28.8 Å². The summed E-state index contributed by atoms with van der Waals surface area (Å²) in [5.74, 6) is -3.76. The van der Waals surface area contributed by atoms with Crippen molar-refractivity contribution in [2.24, 2.45) is 20.5 Å². The van der Waals surface area contributed by atoms with E-state index in [1.807, 2.05) is 0 Å². The van der Waals surface area contributed by atoms with Crippen LogP contribution in [0.5, 0.6) is 0 Å². The van der Waals surface area contributed by atoms with Crippen LogP contribution in [0.1, 0.15) is 51.3 Å². The zero-order valence-corrected chi connectivity index (χ0v) is 36.5. The number of halogens is 5. The van der Waals surface area contributed by atoms with Gasteiger partial charge in [0.15, 0.2) is 11.6 Å². The van der Waals surface area contributed by atoms with Crippen LogP contribution in [0.3, 0.4) is 0 Å². The van der Waals surface area contributed by atoms with Crippen LogP contribution in [0, 0.1) is 0 Å². The highest BCUT2D eigenvalue weighted by atomic mass is 35.5. The van der Waals surface area contributed by atoms with Gasteiger partial charge in [0.1, 0.15) is 11.4 Å². The molecule has 0 aliphatic carbocycles. The fourth-order valence-electron chi connectivity index (χ4n) is 5.56. The monoisotopic (exact) mass is 934 g/mol. The zero-order chi connectivity index (χ0) is 44.9. The molecule has 0 aliphatic rings. The van der Waals surface area contributed by atoms with Gasteiger partial charge >= 0.3 is 0 Å². The van der Waals surface area contributed by atoms with E-state index in [-0.39, 0.29) is 61.6 Å². The Morgan fingerprint density at radius 3 is 1.35 bits per heavy atom. The van der Waals surface area contributed by atoms with Gasteiger partial charge in [0.25, 0.3) is 23.6 Å². The Morgan fingerprint density at radius 2 is 0.919 bits per heavy atom. The largest absolute Gasteiger partial charge is 0.324 e. The molecule has 5 aromatic carbocycles. The van der Waals surface area contributed by atoms with Crippen LogP contribution >= 0.6 is 58.0 Å². The van der Waals surface area contributed by atoms with E-state index in [2.05, 4.69) is 41.7 Å². The average molecular weight is 937 g/mol. The number of ketones is 2. The SMILES string of the molecule is CC(=O)C(N=Nc1cc(C(=O)Nc2ccccc2CCl)ccc1Cl)C(=O)Nc1ccc(NC(=O)C(N=Nc2cc(C(=O)Nc3ccccc3CCl)ccc2Cl)C(C)=O)c(CCl)c1. The van der Waals surface area contributed by atoms with Gasteiger partial charge in [-0.25, -0.2) is 0 Å². The Kier molecular flexibility index (Phi) is 16.8. The molecule has 5 aromatic rings. The van der Waals surface area contributed by atoms with Crippen molar-refractivity contribution in [3.8, 4) is 0 Å². The van der Waals surface area contributed by atoms with Crippen molar-refractivity contribution in [2.75, 3.05) is 21.3 Å². The van der Waals surface area contributed by atoms with Crippen molar-refractivity contribution in [2.45, 2.75) is 43.6 Å². The van der Waals surface area contributed by atoms with Crippen LogP contribution in [0.25, 0.3) is 0 Å². The number of para-hydroxylation sites is 2. The summed E-state index contributed by atoms with van der Waals surface area (Å²) in [5, 5.41) is 26.9.